The molecule has 0 saturated heterocycles. The molecule has 156 valence electrons. The zero-order valence-corrected chi connectivity index (χ0v) is 17.1. The Morgan fingerprint density at radius 2 is 1.61 bits per heavy atom. The van der Waals surface area contributed by atoms with Gasteiger partial charge >= 0.3 is 0 Å². The molecule has 3 aromatic carbocycles. The Labute approximate surface area is 180 Å². The van der Waals surface area contributed by atoms with E-state index in [1.165, 1.54) is 0 Å². The molecule has 1 aromatic heterocycles. The molecule has 7 heteroatoms. The zero-order chi connectivity index (χ0) is 21.6. The van der Waals surface area contributed by atoms with Gasteiger partial charge in [0.1, 0.15) is 18.1 Å². The van der Waals surface area contributed by atoms with Crippen molar-refractivity contribution in [1.82, 2.24) is 14.8 Å². The number of carbonyl (C=O) groups excluding carboxylic acids is 1. The van der Waals surface area contributed by atoms with Crippen molar-refractivity contribution in [2.24, 2.45) is 5.73 Å². The quantitative estimate of drug-likeness (QED) is 0.444. The fourth-order valence-corrected chi connectivity index (χ4v) is 3.09. The molecule has 0 bridgehead atoms. The Hall–Kier alpha value is -3.97. The normalized spacial score (nSPS) is 10.6. The topological polar surface area (TPSA) is 92.3 Å². The fourth-order valence-electron chi connectivity index (χ4n) is 3.09. The van der Waals surface area contributed by atoms with E-state index in [9.17, 15) is 4.79 Å². The highest BCUT2D eigenvalue weighted by molar-refractivity contribution is 6.06. The number of carbonyl (C=O) groups is 1. The van der Waals surface area contributed by atoms with E-state index in [0.29, 0.717) is 30.3 Å². The lowest BCUT2D eigenvalue weighted by Crippen LogP contribution is -2.10. The number of rotatable bonds is 8. The molecule has 0 unspecified atom stereocenters. The van der Waals surface area contributed by atoms with Crippen molar-refractivity contribution in [3.8, 4) is 28.6 Å². The van der Waals surface area contributed by atoms with E-state index in [1.54, 1.807) is 23.9 Å². The molecule has 0 spiro atoms. The largest absolute Gasteiger partial charge is 0.497 e. The summed E-state index contributed by atoms with van der Waals surface area (Å²) in [5, 5.41) is 4.53. The maximum Gasteiger partial charge on any atom is 0.232 e. The summed E-state index contributed by atoms with van der Waals surface area (Å²) in [6.07, 6.45) is 0. The van der Waals surface area contributed by atoms with Crippen LogP contribution in [0, 0.1) is 0 Å². The molecule has 0 aliphatic carbocycles. The second-order valence-corrected chi connectivity index (χ2v) is 6.73. The Kier molecular flexibility index (Phi) is 6.05. The van der Waals surface area contributed by atoms with Crippen molar-refractivity contribution >= 4 is 5.78 Å². The summed E-state index contributed by atoms with van der Waals surface area (Å²) in [5.41, 5.74) is 7.59. The fraction of sp³-hybridized carbons (Fsp3) is 0.125. The Morgan fingerprint density at radius 3 is 2.26 bits per heavy atom. The Morgan fingerprint density at radius 1 is 0.935 bits per heavy atom. The number of hydrogen-bond acceptors (Lipinski definition) is 6. The number of benzene rings is 3. The van der Waals surface area contributed by atoms with Crippen LogP contribution in [0.15, 0.2) is 78.9 Å². The lowest BCUT2D eigenvalue weighted by atomic mass is 10.1. The predicted octanol–water partition coefficient (Wildman–Crippen LogP) is 3.51. The summed E-state index contributed by atoms with van der Waals surface area (Å²) in [7, 11) is 1.61. The van der Waals surface area contributed by atoms with Crippen LogP contribution in [0.1, 0.15) is 16.2 Å². The van der Waals surface area contributed by atoms with Gasteiger partial charge in [-0.3, -0.25) is 4.79 Å². The van der Waals surface area contributed by atoms with E-state index in [4.69, 9.17) is 15.2 Å². The smallest absolute Gasteiger partial charge is 0.232 e. The summed E-state index contributed by atoms with van der Waals surface area (Å²) in [6, 6.07) is 23.8. The van der Waals surface area contributed by atoms with E-state index < -0.39 is 0 Å². The maximum atomic E-state index is 13.0. The van der Waals surface area contributed by atoms with Crippen molar-refractivity contribution in [3.05, 3.63) is 90.3 Å². The monoisotopic (exact) mass is 414 g/mol. The van der Waals surface area contributed by atoms with E-state index in [1.807, 2.05) is 66.7 Å². The van der Waals surface area contributed by atoms with Crippen LogP contribution in [0.25, 0.3) is 17.1 Å². The van der Waals surface area contributed by atoms with Gasteiger partial charge in [-0.25, -0.2) is 9.67 Å². The molecule has 0 radical (unpaired) electrons. The van der Waals surface area contributed by atoms with Gasteiger partial charge < -0.3 is 15.2 Å². The highest BCUT2D eigenvalue weighted by Crippen LogP contribution is 2.25. The van der Waals surface area contributed by atoms with Crippen LogP contribution in [-0.2, 0) is 0 Å². The molecule has 0 atom stereocenters. The third kappa shape index (κ3) is 4.46. The third-order valence-corrected chi connectivity index (χ3v) is 4.66. The molecule has 0 aliphatic rings. The molecule has 0 saturated carbocycles. The lowest BCUT2D eigenvalue weighted by molar-refractivity contribution is 0.102. The minimum absolute atomic E-state index is 0.125. The highest BCUT2D eigenvalue weighted by Gasteiger charge is 2.20. The first-order chi connectivity index (χ1) is 15.2. The van der Waals surface area contributed by atoms with Crippen LogP contribution < -0.4 is 15.2 Å². The minimum Gasteiger partial charge on any atom is -0.497 e. The van der Waals surface area contributed by atoms with Crippen molar-refractivity contribution < 1.29 is 14.3 Å². The predicted molar refractivity (Wildman–Crippen MR) is 118 cm³/mol. The van der Waals surface area contributed by atoms with Crippen molar-refractivity contribution in [3.63, 3.8) is 0 Å². The van der Waals surface area contributed by atoms with E-state index in [-0.39, 0.29) is 11.6 Å². The minimum atomic E-state index is -0.239. The van der Waals surface area contributed by atoms with Crippen LogP contribution in [0.2, 0.25) is 0 Å². The first-order valence-corrected chi connectivity index (χ1v) is 9.84. The van der Waals surface area contributed by atoms with Gasteiger partial charge in [0.2, 0.25) is 11.6 Å². The number of ketones is 1. The van der Waals surface area contributed by atoms with Gasteiger partial charge in [-0.05, 0) is 48.5 Å². The average Bonchev–Trinajstić information content (AvgIpc) is 3.28. The first-order valence-electron chi connectivity index (χ1n) is 9.84. The van der Waals surface area contributed by atoms with Crippen LogP contribution in [0.4, 0.5) is 0 Å². The van der Waals surface area contributed by atoms with Crippen LogP contribution in [0.3, 0.4) is 0 Å². The molecule has 4 aromatic rings. The molecule has 0 aliphatic heterocycles. The zero-order valence-electron chi connectivity index (χ0n) is 17.1. The molecular formula is C24H22N4O3. The standard InChI is InChI=1S/C24H22N4O3/c1-30-20-13-9-19(10-14-20)28-24(18-7-11-21(12-8-18)31-16-15-25)26-23(27-28)22(29)17-5-3-2-4-6-17/h2-14H,15-16,25H2,1H3. The number of ether oxygens (including phenoxy) is 2. The van der Waals surface area contributed by atoms with Crippen LogP contribution in [-0.4, -0.2) is 40.8 Å². The Balaban J connectivity index is 1.76. The second-order valence-electron chi connectivity index (χ2n) is 6.73. The van der Waals surface area contributed by atoms with Gasteiger partial charge in [0.25, 0.3) is 0 Å². The maximum absolute atomic E-state index is 13.0. The highest BCUT2D eigenvalue weighted by atomic mass is 16.5. The Bertz CT molecular complexity index is 1150. The van der Waals surface area contributed by atoms with E-state index in [0.717, 1.165) is 17.0 Å². The molecule has 31 heavy (non-hydrogen) atoms. The van der Waals surface area contributed by atoms with Crippen molar-refractivity contribution in [2.45, 2.75) is 0 Å². The SMILES string of the molecule is COc1ccc(-n2nc(C(=O)c3ccccc3)nc2-c2ccc(OCCN)cc2)cc1. The number of aromatic nitrogens is 3. The molecule has 0 fully saturated rings. The first kappa shape index (κ1) is 20.3. The van der Waals surface area contributed by atoms with Crippen molar-refractivity contribution in [2.75, 3.05) is 20.3 Å². The molecular weight excluding hydrogens is 392 g/mol. The summed E-state index contributed by atoms with van der Waals surface area (Å²) < 4.78 is 12.5. The summed E-state index contributed by atoms with van der Waals surface area (Å²) in [4.78, 5) is 17.5. The number of nitrogens with zero attached hydrogens (tertiary/aromatic N) is 3. The third-order valence-electron chi connectivity index (χ3n) is 4.66. The number of hydrogen-bond donors (Lipinski definition) is 1. The molecule has 7 nitrogen and oxygen atoms in total. The average molecular weight is 414 g/mol. The van der Waals surface area contributed by atoms with E-state index in [2.05, 4.69) is 10.1 Å². The molecule has 1 heterocycles. The summed E-state index contributed by atoms with van der Waals surface area (Å²) in [5.74, 6) is 1.88. The summed E-state index contributed by atoms with van der Waals surface area (Å²) in [6.45, 7) is 0.885. The number of methoxy groups -OCH3 is 1. The van der Waals surface area contributed by atoms with Gasteiger partial charge in [-0.15, -0.1) is 5.10 Å². The van der Waals surface area contributed by atoms with Crippen molar-refractivity contribution in [1.29, 1.82) is 0 Å². The molecule has 2 N–H and O–H groups in total. The number of nitrogens with two attached hydrogens (primary N) is 1. The molecule has 4 rings (SSSR count). The lowest BCUT2D eigenvalue weighted by Gasteiger charge is -2.08. The van der Waals surface area contributed by atoms with Gasteiger partial charge in [-0.1, -0.05) is 30.3 Å². The van der Waals surface area contributed by atoms with Crippen LogP contribution >= 0.6 is 0 Å². The van der Waals surface area contributed by atoms with Gasteiger partial charge in [0.05, 0.1) is 12.8 Å². The van der Waals surface area contributed by atoms with E-state index >= 15 is 0 Å². The van der Waals surface area contributed by atoms with Gasteiger partial charge in [0, 0.05) is 17.7 Å². The second kappa shape index (κ2) is 9.23. The van der Waals surface area contributed by atoms with Gasteiger partial charge in [-0.2, -0.15) is 0 Å². The van der Waals surface area contributed by atoms with Crippen LogP contribution in [0.5, 0.6) is 11.5 Å². The molecule has 0 amide bonds. The summed E-state index contributed by atoms with van der Waals surface area (Å²) >= 11 is 0. The van der Waals surface area contributed by atoms with Gasteiger partial charge in [0.15, 0.2) is 5.82 Å².